The first kappa shape index (κ1) is 16.3. The van der Waals surface area contributed by atoms with Gasteiger partial charge in [0, 0.05) is 12.7 Å². The zero-order valence-corrected chi connectivity index (χ0v) is 13.1. The maximum atomic E-state index is 13.1. The molecule has 0 spiro atoms. The first-order valence-corrected chi connectivity index (χ1v) is 7.89. The van der Waals surface area contributed by atoms with Crippen molar-refractivity contribution in [2.75, 3.05) is 5.75 Å². The molecule has 0 aliphatic heterocycles. The van der Waals surface area contributed by atoms with Gasteiger partial charge in [0.05, 0.1) is 0 Å². The second-order valence-corrected chi connectivity index (χ2v) is 5.89. The van der Waals surface area contributed by atoms with Crippen molar-refractivity contribution < 1.29 is 13.9 Å². The Balaban J connectivity index is 1.85. The number of halogens is 1. The molecule has 114 valence electrons. The minimum Gasteiger partial charge on any atom is -0.489 e. The topological polar surface area (TPSA) is 26.3 Å². The average molecular weight is 316 g/mol. The molecule has 2 aromatic rings. The lowest BCUT2D eigenvalue weighted by Crippen LogP contribution is -1.95. The lowest BCUT2D eigenvalue weighted by Gasteiger charge is -2.06. The molecule has 2 aromatic carbocycles. The molecule has 0 saturated heterocycles. The van der Waals surface area contributed by atoms with Crippen molar-refractivity contribution >= 4 is 23.0 Å². The van der Waals surface area contributed by atoms with Gasteiger partial charge in [-0.25, -0.2) is 4.39 Å². The summed E-state index contributed by atoms with van der Waals surface area (Å²) in [5.74, 6) is 1.15. The monoisotopic (exact) mass is 316 g/mol. The molecule has 0 saturated carbocycles. The SMILES string of the molecule is CC(=O)SCC=Cc1ccc(OCc2cccc(F)c2)cc1. The molecule has 0 fully saturated rings. The molecule has 0 atom stereocenters. The summed E-state index contributed by atoms with van der Waals surface area (Å²) in [7, 11) is 0. The van der Waals surface area contributed by atoms with Gasteiger partial charge in [-0.1, -0.05) is 48.2 Å². The van der Waals surface area contributed by atoms with Crippen molar-refractivity contribution in [1.29, 1.82) is 0 Å². The number of hydrogen-bond acceptors (Lipinski definition) is 3. The van der Waals surface area contributed by atoms with Gasteiger partial charge in [-0.2, -0.15) is 0 Å². The van der Waals surface area contributed by atoms with Crippen molar-refractivity contribution in [2.24, 2.45) is 0 Å². The lowest BCUT2D eigenvalue weighted by molar-refractivity contribution is -0.109. The van der Waals surface area contributed by atoms with Crippen LogP contribution in [0.5, 0.6) is 5.75 Å². The van der Waals surface area contributed by atoms with Crippen LogP contribution in [0.4, 0.5) is 4.39 Å². The Kier molecular flexibility index (Phi) is 6.22. The van der Waals surface area contributed by atoms with Crippen LogP contribution in [-0.4, -0.2) is 10.9 Å². The Labute approximate surface area is 134 Å². The highest BCUT2D eigenvalue weighted by atomic mass is 32.2. The molecule has 22 heavy (non-hydrogen) atoms. The Morgan fingerprint density at radius 1 is 1.23 bits per heavy atom. The fourth-order valence-corrected chi connectivity index (χ4v) is 2.25. The second kappa shape index (κ2) is 8.39. The van der Waals surface area contributed by atoms with Gasteiger partial charge >= 0.3 is 0 Å². The van der Waals surface area contributed by atoms with E-state index in [0.717, 1.165) is 16.9 Å². The van der Waals surface area contributed by atoms with Gasteiger partial charge in [-0.15, -0.1) is 0 Å². The Morgan fingerprint density at radius 3 is 2.68 bits per heavy atom. The van der Waals surface area contributed by atoms with Gasteiger partial charge in [0.2, 0.25) is 0 Å². The third-order valence-electron chi connectivity index (χ3n) is 2.87. The summed E-state index contributed by atoms with van der Waals surface area (Å²) in [6, 6.07) is 14.0. The molecule has 0 aromatic heterocycles. The van der Waals surface area contributed by atoms with E-state index in [9.17, 15) is 9.18 Å². The Hall–Kier alpha value is -2.07. The number of carbonyl (C=O) groups is 1. The summed E-state index contributed by atoms with van der Waals surface area (Å²) in [5, 5.41) is 0.116. The second-order valence-electron chi connectivity index (χ2n) is 4.69. The molecular formula is C18H17FO2S. The average Bonchev–Trinajstić information content (AvgIpc) is 2.51. The minimum absolute atomic E-state index is 0.116. The highest BCUT2D eigenvalue weighted by Gasteiger charge is 1.98. The number of hydrogen-bond donors (Lipinski definition) is 0. The summed E-state index contributed by atoms with van der Waals surface area (Å²) in [6.07, 6.45) is 3.92. The summed E-state index contributed by atoms with van der Waals surface area (Å²) in [6.45, 7) is 1.89. The van der Waals surface area contributed by atoms with E-state index in [4.69, 9.17) is 4.74 Å². The van der Waals surface area contributed by atoms with Gasteiger partial charge in [0.15, 0.2) is 5.12 Å². The van der Waals surface area contributed by atoms with Crippen molar-refractivity contribution in [3.8, 4) is 5.75 Å². The molecule has 0 aliphatic carbocycles. The molecular weight excluding hydrogens is 299 g/mol. The highest BCUT2D eigenvalue weighted by molar-refractivity contribution is 8.13. The maximum Gasteiger partial charge on any atom is 0.186 e. The molecule has 0 N–H and O–H groups in total. The van der Waals surface area contributed by atoms with Crippen molar-refractivity contribution in [1.82, 2.24) is 0 Å². The molecule has 2 rings (SSSR count). The molecule has 0 unspecified atom stereocenters. The quantitative estimate of drug-likeness (QED) is 0.773. The van der Waals surface area contributed by atoms with Gasteiger partial charge in [0.25, 0.3) is 0 Å². The summed E-state index contributed by atoms with van der Waals surface area (Å²) >= 11 is 1.28. The van der Waals surface area contributed by atoms with E-state index in [2.05, 4.69) is 0 Å². The van der Waals surface area contributed by atoms with E-state index in [-0.39, 0.29) is 10.9 Å². The molecule has 0 amide bonds. The highest BCUT2D eigenvalue weighted by Crippen LogP contribution is 2.16. The Bertz CT molecular complexity index is 650. The molecule has 0 radical (unpaired) electrons. The smallest absolute Gasteiger partial charge is 0.186 e. The van der Waals surface area contributed by atoms with E-state index >= 15 is 0 Å². The van der Waals surface area contributed by atoms with Crippen LogP contribution in [-0.2, 0) is 11.4 Å². The summed E-state index contributed by atoms with van der Waals surface area (Å²) in [4.78, 5) is 10.8. The van der Waals surface area contributed by atoms with Crippen LogP contribution in [0.25, 0.3) is 6.08 Å². The molecule has 0 heterocycles. The zero-order valence-electron chi connectivity index (χ0n) is 12.3. The van der Waals surface area contributed by atoms with E-state index in [1.54, 1.807) is 13.0 Å². The van der Waals surface area contributed by atoms with Crippen LogP contribution in [0.2, 0.25) is 0 Å². The number of benzene rings is 2. The Morgan fingerprint density at radius 2 is 2.00 bits per heavy atom. The fraction of sp³-hybridized carbons (Fsp3) is 0.167. The first-order valence-electron chi connectivity index (χ1n) is 6.91. The standard InChI is InChI=1S/C18H17FO2S/c1-14(20)22-11-3-5-15-7-9-18(10-8-15)21-13-16-4-2-6-17(19)12-16/h2-10,12H,11,13H2,1H3. The number of thioether (sulfide) groups is 1. The van der Waals surface area contributed by atoms with Crippen molar-refractivity contribution in [2.45, 2.75) is 13.5 Å². The van der Waals surface area contributed by atoms with Crippen molar-refractivity contribution in [3.05, 3.63) is 71.6 Å². The van der Waals surface area contributed by atoms with Crippen LogP contribution in [0.3, 0.4) is 0 Å². The zero-order chi connectivity index (χ0) is 15.8. The van der Waals surface area contributed by atoms with Gasteiger partial charge in [0.1, 0.15) is 18.2 Å². The van der Waals surface area contributed by atoms with E-state index in [1.807, 2.05) is 42.5 Å². The van der Waals surface area contributed by atoms with Crippen LogP contribution < -0.4 is 4.74 Å². The number of rotatable bonds is 6. The first-order chi connectivity index (χ1) is 10.6. The van der Waals surface area contributed by atoms with Gasteiger partial charge in [-0.05, 0) is 35.4 Å². The fourth-order valence-electron chi connectivity index (χ4n) is 1.82. The molecule has 2 nitrogen and oxygen atoms in total. The van der Waals surface area contributed by atoms with Crippen LogP contribution in [0.15, 0.2) is 54.6 Å². The summed E-state index contributed by atoms with van der Waals surface area (Å²) < 4.78 is 18.7. The van der Waals surface area contributed by atoms with E-state index < -0.39 is 0 Å². The van der Waals surface area contributed by atoms with Crippen LogP contribution in [0.1, 0.15) is 18.1 Å². The van der Waals surface area contributed by atoms with Crippen LogP contribution in [0, 0.1) is 5.82 Å². The maximum absolute atomic E-state index is 13.1. The molecule has 4 heteroatoms. The van der Waals surface area contributed by atoms with E-state index in [1.165, 1.54) is 23.9 Å². The lowest BCUT2D eigenvalue weighted by atomic mass is 10.2. The molecule has 0 bridgehead atoms. The largest absolute Gasteiger partial charge is 0.489 e. The van der Waals surface area contributed by atoms with Crippen LogP contribution >= 0.6 is 11.8 Å². The van der Waals surface area contributed by atoms with Gasteiger partial charge in [-0.3, -0.25) is 4.79 Å². The minimum atomic E-state index is -0.259. The predicted octanol–water partition coefficient (Wildman–Crippen LogP) is 4.70. The summed E-state index contributed by atoms with van der Waals surface area (Å²) in [5.41, 5.74) is 1.84. The number of ether oxygens (including phenoxy) is 1. The third-order valence-corrected chi connectivity index (χ3v) is 3.63. The van der Waals surface area contributed by atoms with Gasteiger partial charge < -0.3 is 4.74 Å². The number of carbonyl (C=O) groups excluding carboxylic acids is 1. The predicted molar refractivity (Wildman–Crippen MR) is 89.3 cm³/mol. The van der Waals surface area contributed by atoms with Crippen molar-refractivity contribution in [3.63, 3.8) is 0 Å². The van der Waals surface area contributed by atoms with E-state index in [0.29, 0.717) is 12.4 Å². The third kappa shape index (κ3) is 5.74. The molecule has 0 aliphatic rings. The normalized spacial score (nSPS) is 10.8.